The van der Waals surface area contributed by atoms with Crippen molar-refractivity contribution in [3.05, 3.63) is 24.3 Å². The molecule has 2 fully saturated rings. The first-order chi connectivity index (χ1) is 21.2. The van der Waals surface area contributed by atoms with E-state index in [0.717, 1.165) is 43.2 Å². The summed E-state index contributed by atoms with van der Waals surface area (Å²) in [6, 6.07) is 3.49. The first kappa shape index (κ1) is 41.9. The predicted molar refractivity (Wildman–Crippen MR) is 207 cm³/mol. The topological polar surface area (TPSA) is 44.8 Å². The molecule has 0 heterocycles. The maximum absolute atomic E-state index is 14.2. The highest BCUT2D eigenvalue weighted by atomic mass is 28.4. The number of ketones is 1. The van der Waals surface area contributed by atoms with Gasteiger partial charge < -0.3 is 13.3 Å². The van der Waals surface area contributed by atoms with Crippen LogP contribution in [0.4, 0.5) is 0 Å². The molecular formula is C39H76O4Si3. The summed E-state index contributed by atoms with van der Waals surface area (Å²) in [7, 11) is -5.78. The van der Waals surface area contributed by atoms with E-state index in [4.69, 9.17) is 19.9 Å². The lowest BCUT2D eigenvalue weighted by atomic mass is 9.71. The van der Waals surface area contributed by atoms with Gasteiger partial charge >= 0.3 is 0 Å². The first-order valence-corrected chi connectivity index (χ1v) is 27.3. The van der Waals surface area contributed by atoms with Crippen molar-refractivity contribution < 1.29 is 18.1 Å². The summed E-state index contributed by atoms with van der Waals surface area (Å²) in [5, 5.41) is 0.217. The normalized spacial score (nSPS) is 26.1. The fourth-order valence-electron chi connectivity index (χ4n) is 7.91. The molecule has 2 aliphatic carbocycles. The number of hydrogen-bond donors (Lipinski definition) is 0. The molecule has 0 aromatic rings. The molecule has 0 unspecified atom stereocenters. The van der Waals surface area contributed by atoms with Crippen LogP contribution in [-0.4, -0.2) is 50.6 Å². The Hall–Kier alpha value is -0.319. The van der Waals surface area contributed by atoms with Crippen LogP contribution in [0.5, 0.6) is 0 Å². The Kier molecular flexibility index (Phi) is 15.1. The number of carbonyl (C=O) groups excluding carboxylic acids is 1. The van der Waals surface area contributed by atoms with Crippen LogP contribution in [0.15, 0.2) is 24.3 Å². The molecule has 7 heteroatoms. The fourth-order valence-corrected chi connectivity index (χ4v) is 12.6. The fraction of sp³-hybridized carbons (Fsp3) is 0.872. The SMILES string of the molecule is C=C(CO[Si](C)(C)C(C)(C)C)[C@]1(CO[Si](C)(C)C(C)(C)C)[C@@H]2C(=O)C[C@H]1[C@H](CCCCC/C=C/C)[C@H]2CCO[Si](CC)(CC)CC. The Labute approximate surface area is 289 Å². The van der Waals surface area contributed by atoms with E-state index in [1.54, 1.807) is 0 Å². The van der Waals surface area contributed by atoms with Gasteiger partial charge in [-0.2, -0.15) is 0 Å². The third kappa shape index (κ3) is 9.26. The zero-order valence-corrected chi connectivity index (χ0v) is 36.0. The van der Waals surface area contributed by atoms with Gasteiger partial charge in [-0.3, -0.25) is 4.79 Å². The number of allylic oxidation sites excluding steroid dienone is 2. The monoisotopic (exact) mass is 693 g/mol. The Morgan fingerprint density at radius 2 is 1.41 bits per heavy atom. The number of carbonyl (C=O) groups is 1. The molecule has 0 aromatic heterocycles. The third-order valence-electron chi connectivity index (χ3n) is 13.5. The summed E-state index contributed by atoms with van der Waals surface area (Å²) >= 11 is 0. The highest BCUT2D eigenvalue weighted by molar-refractivity contribution is 6.74. The minimum atomic E-state index is -2.07. The van der Waals surface area contributed by atoms with Crippen molar-refractivity contribution in [2.75, 3.05) is 19.8 Å². The van der Waals surface area contributed by atoms with E-state index in [-0.39, 0.29) is 27.3 Å². The second kappa shape index (κ2) is 16.6. The molecule has 0 aromatic carbocycles. The molecule has 2 bridgehead atoms. The van der Waals surface area contributed by atoms with Gasteiger partial charge in [-0.15, -0.1) is 0 Å². The lowest BCUT2D eigenvalue weighted by molar-refractivity contribution is -0.125. The molecule has 0 spiro atoms. The quantitative estimate of drug-likeness (QED) is 0.0724. The van der Waals surface area contributed by atoms with E-state index < -0.39 is 25.0 Å². The summed E-state index contributed by atoms with van der Waals surface area (Å²) in [6.45, 7) is 39.0. The minimum Gasteiger partial charge on any atom is -0.417 e. The number of hydrogen-bond acceptors (Lipinski definition) is 4. The van der Waals surface area contributed by atoms with E-state index in [2.05, 4.69) is 108 Å². The van der Waals surface area contributed by atoms with Gasteiger partial charge in [0.1, 0.15) is 5.78 Å². The van der Waals surface area contributed by atoms with Crippen molar-refractivity contribution in [2.45, 2.75) is 169 Å². The van der Waals surface area contributed by atoms with E-state index in [9.17, 15) is 4.79 Å². The Bertz CT molecular complexity index is 1010. The minimum absolute atomic E-state index is 0.0460. The zero-order valence-electron chi connectivity index (χ0n) is 33.0. The van der Waals surface area contributed by atoms with Crippen LogP contribution in [0, 0.1) is 29.1 Å². The van der Waals surface area contributed by atoms with Crippen molar-refractivity contribution in [1.82, 2.24) is 0 Å². The largest absolute Gasteiger partial charge is 0.417 e. The van der Waals surface area contributed by atoms with Crippen molar-refractivity contribution >= 4 is 30.7 Å². The predicted octanol–water partition coefficient (Wildman–Crippen LogP) is 12.0. The van der Waals surface area contributed by atoms with Gasteiger partial charge in [0.25, 0.3) is 0 Å². The molecule has 4 nitrogen and oxygen atoms in total. The van der Waals surface area contributed by atoms with Gasteiger partial charge in [0, 0.05) is 31.0 Å². The Morgan fingerprint density at radius 1 is 0.848 bits per heavy atom. The highest BCUT2D eigenvalue weighted by Gasteiger charge is 2.68. The van der Waals surface area contributed by atoms with Gasteiger partial charge in [0.15, 0.2) is 25.0 Å². The van der Waals surface area contributed by atoms with Crippen LogP contribution < -0.4 is 0 Å². The molecule has 0 saturated heterocycles. The smallest absolute Gasteiger partial charge is 0.192 e. The third-order valence-corrected chi connectivity index (χ3v) is 27.1. The molecule has 2 rings (SSSR count). The Balaban J connectivity index is 2.53. The van der Waals surface area contributed by atoms with Crippen molar-refractivity contribution in [3.8, 4) is 0 Å². The lowest BCUT2D eigenvalue weighted by Crippen LogP contribution is -2.48. The molecule has 2 aliphatic rings. The average molecular weight is 693 g/mol. The first-order valence-electron chi connectivity index (χ1n) is 18.9. The average Bonchev–Trinajstić information content (AvgIpc) is 3.40. The summed E-state index contributed by atoms with van der Waals surface area (Å²) in [6.07, 6.45) is 12.2. The molecule has 0 radical (unpaired) electrons. The van der Waals surface area contributed by atoms with Crippen molar-refractivity contribution in [2.24, 2.45) is 29.1 Å². The molecule has 268 valence electrons. The summed E-state index contributed by atoms with van der Waals surface area (Å²) in [5.74, 6) is 1.50. The van der Waals surface area contributed by atoms with Crippen LogP contribution in [0.25, 0.3) is 0 Å². The summed E-state index contributed by atoms with van der Waals surface area (Å²) < 4.78 is 20.9. The second-order valence-electron chi connectivity index (χ2n) is 17.9. The van der Waals surface area contributed by atoms with Gasteiger partial charge in [-0.25, -0.2) is 0 Å². The molecule has 0 aliphatic heterocycles. The van der Waals surface area contributed by atoms with E-state index in [0.29, 0.717) is 37.3 Å². The molecule has 46 heavy (non-hydrogen) atoms. The van der Waals surface area contributed by atoms with Crippen molar-refractivity contribution in [1.29, 1.82) is 0 Å². The van der Waals surface area contributed by atoms with Crippen LogP contribution in [-0.2, 0) is 18.1 Å². The molecule has 0 N–H and O–H groups in total. The van der Waals surface area contributed by atoms with E-state index >= 15 is 0 Å². The molecule has 5 atom stereocenters. The zero-order chi connectivity index (χ0) is 35.2. The molecular weight excluding hydrogens is 617 g/mol. The second-order valence-corrected chi connectivity index (χ2v) is 32.3. The van der Waals surface area contributed by atoms with Crippen LogP contribution in [0.2, 0.25) is 54.4 Å². The van der Waals surface area contributed by atoms with Crippen LogP contribution >= 0.6 is 0 Å². The van der Waals surface area contributed by atoms with Gasteiger partial charge in [-0.05, 0) is 110 Å². The summed E-state index contributed by atoms with van der Waals surface area (Å²) in [5.41, 5.74) is 0.766. The number of rotatable bonds is 20. The molecule has 2 saturated carbocycles. The van der Waals surface area contributed by atoms with E-state index in [1.165, 1.54) is 25.7 Å². The molecule has 0 amide bonds. The number of fused-ring (bicyclic) bond motifs is 2. The Morgan fingerprint density at radius 3 is 1.93 bits per heavy atom. The van der Waals surface area contributed by atoms with Gasteiger partial charge in [0.2, 0.25) is 0 Å². The van der Waals surface area contributed by atoms with Crippen molar-refractivity contribution in [3.63, 3.8) is 0 Å². The number of Topliss-reactive ketones (excluding diaryl/α,β-unsaturated/α-hetero) is 1. The van der Waals surface area contributed by atoms with Crippen LogP contribution in [0.1, 0.15) is 114 Å². The van der Waals surface area contributed by atoms with E-state index in [1.807, 2.05) is 0 Å². The van der Waals surface area contributed by atoms with Gasteiger partial charge in [-0.1, -0.05) is 93.9 Å². The maximum atomic E-state index is 14.2. The van der Waals surface area contributed by atoms with Crippen LogP contribution in [0.3, 0.4) is 0 Å². The standard InChI is InChI=1S/C39H76O4Si3/c1-16-20-21-22-23-24-25-32-33(26-27-41-46(17-2,18-3)19-4)36-35(40)28-34(32)39(36,30-43-45(14,15)38(9,10)11)31(5)29-42-44(12,13)37(6,7)8/h16,20,32-34,36H,5,17-19,21-30H2,1-4,6-15H3/b20-16+/t32-,33-,34+,36+,39+/m1/s1. The lowest BCUT2D eigenvalue weighted by Gasteiger charge is -2.44. The maximum Gasteiger partial charge on any atom is 0.192 e. The number of unbranched alkanes of at least 4 members (excludes halogenated alkanes) is 3. The van der Waals surface area contributed by atoms with Gasteiger partial charge in [0.05, 0.1) is 6.61 Å². The highest BCUT2D eigenvalue weighted by Crippen LogP contribution is 2.67. The summed E-state index contributed by atoms with van der Waals surface area (Å²) in [4.78, 5) is 14.2.